The lowest BCUT2D eigenvalue weighted by Crippen LogP contribution is -2.64. The number of benzene rings is 1. The second-order valence-electron chi connectivity index (χ2n) is 7.63. The molecule has 20 heavy (non-hydrogen) atoms. The highest BCUT2D eigenvalue weighted by Crippen LogP contribution is 2.45. The molecule has 2 heteroatoms. The zero-order chi connectivity index (χ0) is 15.0. The van der Waals surface area contributed by atoms with Gasteiger partial charge in [0.1, 0.15) is 0 Å². The van der Waals surface area contributed by atoms with E-state index in [0.29, 0.717) is 0 Å². The van der Waals surface area contributed by atoms with Crippen molar-refractivity contribution in [3.63, 3.8) is 0 Å². The standard InChI is InChI=1S/C18H29NO/c1-6-18(20)13-16(2,3)19(17(4,5)14-18)12-15-10-8-7-9-11-15/h7-11,20H,6,12-14H2,1-5H3. The Labute approximate surface area is 123 Å². The van der Waals surface area contributed by atoms with Crippen molar-refractivity contribution in [1.82, 2.24) is 4.90 Å². The molecule has 0 radical (unpaired) electrons. The molecule has 0 aliphatic carbocycles. The molecular formula is C18H29NO. The molecule has 1 heterocycles. The van der Waals surface area contributed by atoms with Crippen LogP contribution in [0.15, 0.2) is 30.3 Å². The number of nitrogens with zero attached hydrogens (tertiary/aromatic N) is 1. The third kappa shape index (κ3) is 3.07. The van der Waals surface area contributed by atoms with E-state index in [1.807, 2.05) is 0 Å². The van der Waals surface area contributed by atoms with Gasteiger partial charge in [-0.25, -0.2) is 0 Å². The Kier molecular flexibility index (Phi) is 4.01. The fourth-order valence-electron chi connectivity index (χ4n) is 4.13. The Hall–Kier alpha value is -0.860. The maximum absolute atomic E-state index is 10.8. The molecular weight excluding hydrogens is 246 g/mol. The molecule has 0 amide bonds. The summed E-state index contributed by atoms with van der Waals surface area (Å²) in [5.41, 5.74) is 0.820. The number of likely N-dealkylation sites (tertiary alicyclic amines) is 1. The summed E-state index contributed by atoms with van der Waals surface area (Å²) in [6.45, 7) is 12.1. The molecule has 1 saturated heterocycles. The molecule has 0 unspecified atom stereocenters. The Balaban J connectivity index is 2.28. The minimum Gasteiger partial charge on any atom is -0.390 e. The first kappa shape index (κ1) is 15.5. The van der Waals surface area contributed by atoms with Gasteiger partial charge < -0.3 is 5.11 Å². The van der Waals surface area contributed by atoms with E-state index in [4.69, 9.17) is 0 Å². The summed E-state index contributed by atoms with van der Waals surface area (Å²) < 4.78 is 0. The summed E-state index contributed by atoms with van der Waals surface area (Å²) in [6, 6.07) is 10.6. The highest BCUT2D eigenvalue weighted by molar-refractivity contribution is 5.17. The van der Waals surface area contributed by atoms with E-state index in [0.717, 1.165) is 25.8 Å². The van der Waals surface area contributed by atoms with Gasteiger partial charge in [0.05, 0.1) is 5.60 Å². The van der Waals surface area contributed by atoms with E-state index in [9.17, 15) is 5.11 Å². The van der Waals surface area contributed by atoms with Crippen LogP contribution >= 0.6 is 0 Å². The van der Waals surface area contributed by atoms with Crippen LogP contribution in [0, 0.1) is 0 Å². The van der Waals surface area contributed by atoms with Crippen LogP contribution in [-0.2, 0) is 6.54 Å². The molecule has 1 N–H and O–H groups in total. The second kappa shape index (κ2) is 5.16. The van der Waals surface area contributed by atoms with Gasteiger partial charge in [0.25, 0.3) is 0 Å². The number of aliphatic hydroxyl groups is 1. The summed E-state index contributed by atoms with van der Waals surface area (Å²) in [7, 11) is 0. The van der Waals surface area contributed by atoms with E-state index in [1.54, 1.807) is 0 Å². The summed E-state index contributed by atoms with van der Waals surface area (Å²) in [5.74, 6) is 0. The van der Waals surface area contributed by atoms with Crippen LogP contribution in [0.5, 0.6) is 0 Å². The van der Waals surface area contributed by atoms with E-state index >= 15 is 0 Å². The Bertz CT molecular complexity index is 432. The van der Waals surface area contributed by atoms with E-state index in [-0.39, 0.29) is 11.1 Å². The maximum Gasteiger partial charge on any atom is 0.0680 e. The van der Waals surface area contributed by atoms with Crippen molar-refractivity contribution in [1.29, 1.82) is 0 Å². The molecule has 0 atom stereocenters. The largest absolute Gasteiger partial charge is 0.390 e. The first-order chi connectivity index (χ1) is 9.19. The topological polar surface area (TPSA) is 23.5 Å². The fraction of sp³-hybridized carbons (Fsp3) is 0.667. The van der Waals surface area contributed by atoms with Gasteiger partial charge in [-0.1, -0.05) is 37.3 Å². The zero-order valence-electron chi connectivity index (χ0n) is 13.6. The van der Waals surface area contributed by atoms with Crippen molar-refractivity contribution >= 4 is 0 Å². The minimum atomic E-state index is -0.528. The van der Waals surface area contributed by atoms with E-state index < -0.39 is 5.60 Å². The molecule has 2 nitrogen and oxygen atoms in total. The third-order valence-electron chi connectivity index (χ3n) is 4.83. The molecule has 0 spiro atoms. The Morgan fingerprint density at radius 3 is 1.95 bits per heavy atom. The smallest absolute Gasteiger partial charge is 0.0680 e. The summed E-state index contributed by atoms with van der Waals surface area (Å²) in [4.78, 5) is 2.56. The van der Waals surface area contributed by atoms with Crippen LogP contribution < -0.4 is 0 Å². The zero-order valence-corrected chi connectivity index (χ0v) is 13.6. The molecule has 0 saturated carbocycles. The monoisotopic (exact) mass is 275 g/mol. The van der Waals surface area contributed by atoms with Gasteiger partial charge >= 0.3 is 0 Å². The third-order valence-corrected chi connectivity index (χ3v) is 4.83. The quantitative estimate of drug-likeness (QED) is 0.902. The van der Waals surface area contributed by atoms with Gasteiger partial charge in [0.2, 0.25) is 0 Å². The predicted octanol–water partition coefficient (Wildman–Crippen LogP) is 3.98. The van der Waals surface area contributed by atoms with E-state index in [1.165, 1.54) is 5.56 Å². The van der Waals surface area contributed by atoms with Crippen LogP contribution in [0.2, 0.25) is 0 Å². The molecule has 2 rings (SSSR count). The van der Waals surface area contributed by atoms with Gasteiger partial charge in [-0.2, -0.15) is 0 Å². The van der Waals surface area contributed by atoms with Crippen LogP contribution in [0.25, 0.3) is 0 Å². The molecule has 0 aromatic heterocycles. The summed E-state index contributed by atoms with van der Waals surface area (Å²) in [5, 5.41) is 10.8. The molecule has 1 aliphatic rings. The highest BCUT2D eigenvalue weighted by Gasteiger charge is 2.50. The minimum absolute atomic E-state index is 0.00233. The van der Waals surface area contributed by atoms with Crippen molar-refractivity contribution in [3.05, 3.63) is 35.9 Å². The van der Waals surface area contributed by atoms with Crippen LogP contribution in [-0.4, -0.2) is 26.7 Å². The van der Waals surface area contributed by atoms with Crippen molar-refractivity contribution in [2.75, 3.05) is 0 Å². The molecule has 1 aromatic rings. The average molecular weight is 275 g/mol. The molecule has 1 aliphatic heterocycles. The summed E-state index contributed by atoms with van der Waals surface area (Å²) >= 11 is 0. The second-order valence-corrected chi connectivity index (χ2v) is 7.63. The lowest BCUT2D eigenvalue weighted by molar-refractivity contribution is -0.140. The lowest BCUT2D eigenvalue weighted by Gasteiger charge is -2.58. The SMILES string of the molecule is CCC1(O)CC(C)(C)N(Cc2ccccc2)C(C)(C)C1. The Morgan fingerprint density at radius 2 is 1.50 bits per heavy atom. The average Bonchev–Trinajstić information content (AvgIpc) is 2.34. The van der Waals surface area contributed by atoms with Crippen LogP contribution in [0.4, 0.5) is 0 Å². The first-order valence-corrected chi connectivity index (χ1v) is 7.73. The van der Waals surface area contributed by atoms with Crippen LogP contribution in [0.1, 0.15) is 59.4 Å². The van der Waals surface area contributed by atoms with E-state index in [2.05, 4.69) is 69.9 Å². The molecule has 112 valence electrons. The van der Waals surface area contributed by atoms with Crippen molar-refractivity contribution in [3.8, 4) is 0 Å². The van der Waals surface area contributed by atoms with Gasteiger partial charge in [-0.05, 0) is 52.5 Å². The predicted molar refractivity (Wildman–Crippen MR) is 84.6 cm³/mol. The Morgan fingerprint density at radius 1 is 1.00 bits per heavy atom. The number of hydrogen-bond donors (Lipinski definition) is 1. The van der Waals surface area contributed by atoms with Crippen molar-refractivity contribution in [2.24, 2.45) is 0 Å². The van der Waals surface area contributed by atoms with Gasteiger partial charge in [-0.3, -0.25) is 4.90 Å². The van der Waals surface area contributed by atoms with Gasteiger partial charge in [0, 0.05) is 17.6 Å². The lowest BCUT2D eigenvalue weighted by atomic mass is 9.70. The fourth-order valence-corrected chi connectivity index (χ4v) is 4.13. The number of rotatable bonds is 3. The van der Waals surface area contributed by atoms with Gasteiger partial charge in [0.15, 0.2) is 0 Å². The summed E-state index contributed by atoms with van der Waals surface area (Å²) in [6.07, 6.45) is 2.51. The van der Waals surface area contributed by atoms with Crippen LogP contribution in [0.3, 0.4) is 0 Å². The van der Waals surface area contributed by atoms with Gasteiger partial charge in [-0.15, -0.1) is 0 Å². The normalized spacial score (nSPS) is 24.5. The van der Waals surface area contributed by atoms with Crippen molar-refractivity contribution in [2.45, 2.75) is 77.1 Å². The molecule has 0 bridgehead atoms. The molecule has 1 aromatic carbocycles. The first-order valence-electron chi connectivity index (χ1n) is 7.73. The maximum atomic E-state index is 10.8. The molecule has 1 fully saturated rings. The highest BCUT2D eigenvalue weighted by atomic mass is 16.3. The number of hydrogen-bond acceptors (Lipinski definition) is 2. The number of piperidine rings is 1. The van der Waals surface area contributed by atoms with Crippen molar-refractivity contribution < 1.29 is 5.11 Å².